The molecule has 0 aliphatic heterocycles. The van der Waals surface area contributed by atoms with Crippen molar-refractivity contribution in [2.45, 2.75) is 95.3 Å². The molecule has 1 aromatic rings. The molecule has 0 radical (unpaired) electrons. The lowest BCUT2D eigenvalue weighted by Crippen LogP contribution is -2.74. The first-order valence-corrected chi connectivity index (χ1v) is 12.4. The van der Waals surface area contributed by atoms with Gasteiger partial charge in [0.1, 0.15) is 5.75 Å². The standard InChI is InChI=1S/C22H4F34O/c23-7(24,9(27,28)11(31,32)13(35,36)15(39,40)17(43,44)19(47,48)21(51,52)53)4-2-1-3-5(57)6(4)8(25,26)10(29,30)12(33,34)14(37,38)16(41,42)18(45,46)20(49,50)22(54,55)56/h1-3,57H. The van der Waals surface area contributed by atoms with E-state index in [0.29, 0.717) is 0 Å². The summed E-state index contributed by atoms with van der Waals surface area (Å²) in [4.78, 5) is 0. The first-order chi connectivity index (χ1) is 24.1. The van der Waals surface area contributed by atoms with Crippen LogP contribution in [0.1, 0.15) is 11.1 Å². The monoisotopic (exact) mass is 930 g/mol. The first-order valence-electron chi connectivity index (χ1n) is 12.4. The van der Waals surface area contributed by atoms with Crippen LogP contribution in [0.3, 0.4) is 0 Å². The van der Waals surface area contributed by atoms with Crippen molar-refractivity contribution in [3.05, 3.63) is 29.3 Å². The van der Waals surface area contributed by atoms with Gasteiger partial charge in [0.2, 0.25) is 0 Å². The third-order valence-electron chi connectivity index (χ3n) is 7.14. The van der Waals surface area contributed by atoms with Gasteiger partial charge in [0.05, 0.1) is 5.56 Å². The molecular formula is C22H4F34O. The minimum absolute atomic E-state index is 0.962. The smallest absolute Gasteiger partial charge is 0.460 e. The molecule has 0 atom stereocenters. The van der Waals surface area contributed by atoms with Gasteiger partial charge >= 0.3 is 95.3 Å². The Labute approximate surface area is 286 Å². The highest BCUT2D eigenvalue weighted by atomic mass is 19.4. The number of phenols is 1. The van der Waals surface area contributed by atoms with Gasteiger partial charge in [-0.15, -0.1) is 0 Å². The highest BCUT2D eigenvalue weighted by molar-refractivity contribution is 5.47. The number of alkyl halides is 34. The van der Waals surface area contributed by atoms with Crippen molar-refractivity contribution in [2.75, 3.05) is 0 Å². The predicted octanol–water partition coefficient (Wildman–Crippen LogP) is 12.3. The van der Waals surface area contributed by atoms with E-state index in [4.69, 9.17) is 0 Å². The molecular weight excluding hydrogens is 926 g/mol. The minimum atomic E-state index is -9.59. The molecule has 57 heavy (non-hydrogen) atoms. The zero-order valence-electron chi connectivity index (χ0n) is 24.5. The molecule has 0 fully saturated rings. The summed E-state index contributed by atoms with van der Waals surface area (Å²) in [6.07, 6.45) is -16.6. The van der Waals surface area contributed by atoms with E-state index < -0.39 is 130 Å². The van der Waals surface area contributed by atoms with Gasteiger partial charge in [-0.1, -0.05) is 12.1 Å². The largest absolute Gasteiger partial charge is 0.507 e. The molecule has 1 N–H and O–H groups in total. The van der Waals surface area contributed by atoms with E-state index >= 15 is 0 Å². The molecule has 35 heteroatoms. The normalized spacial score (nSPS) is 16.7. The number of halogens is 34. The van der Waals surface area contributed by atoms with E-state index in [2.05, 4.69) is 0 Å². The van der Waals surface area contributed by atoms with Crippen molar-refractivity contribution < 1.29 is 154 Å². The van der Waals surface area contributed by atoms with Crippen molar-refractivity contribution >= 4 is 0 Å². The molecule has 0 aromatic heterocycles. The van der Waals surface area contributed by atoms with Crippen molar-refractivity contribution in [1.29, 1.82) is 0 Å². The number of benzene rings is 1. The maximum absolute atomic E-state index is 14.8. The van der Waals surface area contributed by atoms with Gasteiger partial charge in [-0.2, -0.15) is 149 Å². The summed E-state index contributed by atoms with van der Waals surface area (Å²) in [5, 5.41) is 9.28. The summed E-state index contributed by atoms with van der Waals surface area (Å²) in [7, 11) is 0. The third kappa shape index (κ3) is 6.11. The summed E-state index contributed by atoms with van der Waals surface area (Å²) in [6, 6.07) is -3.87. The lowest BCUT2D eigenvalue weighted by molar-refractivity contribution is -0.464. The van der Waals surface area contributed by atoms with Crippen molar-refractivity contribution in [3.8, 4) is 5.75 Å². The SMILES string of the molecule is Oc1cccc(C(F)(F)C(F)(F)C(F)(F)C(F)(F)C(F)(F)C(F)(F)C(F)(F)C(F)(F)F)c1C(F)(F)C(F)(F)C(F)(F)C(F)(F)C(F)(F)C(F)(F)C(F)(F)C(F)(F)F. The van der Waals surface area contributed by atoms with Gasteiger partial charge in [0.25, 0.3) is 0 Å². The molecule has 0 aliphatic carbocycles. The second-order valence-corrected chi connectivity index (χ2v) is 10.7. The maximum atomic E-state index is 14.8. The van der Waals surface area contributed by atoms with Crippen LogP contribution in [0.15, 0.2) is 18.2 Å². The Hall–Kier alpha value is -3.36. The third-order valence-corrected chi connectivity index (χ3v) is 7.14. The molecule has 0 spiro atoms. The molecule has 0 aliphatic rings. The Bertz CT molecular complexity index is 1640. The van der Waals surface area contributed by atoms with Crippen LogP contribution in [0.2, 0.25) is 0 Å². The number of hydrogen-bond acceptors (Lipinski definition) is 1. The van der Waals surface area contributed by atoms with E-state index in [-0.39, 0.29) is 0 Å². The Kier molecular flexibility index (Phi) is 11.6. The van der Waals surface area contributed by atoms with Gasteiger partial charge in [-0.25, -0.2) is 0 Å². The molecule has 336 valence electrons. The van der Waals surface area contributed by atoms with Crippen LogP contribution in [-0.4, -0.2) is 88.5 Å². The molecule has 0 heterocycles. The van der Waals surface area contributed by atoms with E-state index in [0.717, 1.165) is 0 Å². The van der Waals surface area contributed by atoms with E-state index in [9.17, 15) is 154 Å². The number of phenolic OH excluding ortho intramolecular Hbond substituents is 1. The molecule has 0 amide bonds. The van der Waals surface area contributed by atoms with Crippen molar-refractivity contribution in [1.82, 2.24) is 0 Å². The van der Waals surface area contributed by atoms with Crippen LogP contribution in [-0.2, 0) is 11.8 Å². The molecule has 1 rings (SSSR count). The molecule has 1 aromatic carbocycles. The number of aromatic hydroxyl groups is 1. The summed E-state index contributed by atoms with van der Waals surface area (Å²) >= 11 is 0. The summed E-state index contributed by atoms with van der Waals surface area (Å²) < 4.78 is 463. The fourth-order valence-electron chi connectivity index (χ4n) is 3.79. The van der Waals surface area contributed by atoms with E-state index in [1.807, 2.05) is 0 Å². The highest BCUT2D eigenvalue weighted by Gasteiger charge is 2.97. The topological polar surface area (TPSA) is 20.2 Å². The average Bonchev–Trinajstić information content (AvgIpc) is 2.98. The van der Waals surface area contributed by atoms with E-state index in [1.54, 1.807) is 0 Å². The number of rotatable bonds is 14. The van der Waals surface area contributed by atoms with Gasteiger partial charge in [0.15, 0.2) is 0 Å². The van der Waals surface area contributed by atoms with Crippen LogP contribution in [0.25, 0.3) is 0 Å². The molecule has 0 saturated heterocycles. The zero-order valence-corrected chi connectivity index (χ0v) is 24.5. The van der Waals surface area contributed by atoms with Gasteiger partial charge in [-0.3, -0.25) is 0 Å². The molecule has 0 saturated carbocycles. The summed E-state index contributed by atoms with van der Waals surface area (Å²) in [5.74, 6) is -133. The zero-order chi connectivity index (χ0) is 46.9. The maximum Gasteiger partial charge on any atom is 0.460 e. The highest BCUT2D eigenvalue weighted by Crippen LogP contribution is 2.69. The first kappa shape index (κ1) is 51.7. The average molecular weight is 930 g/mol. The van der Waals surface area contributed by atoms with Crippen molar-refractivity contribution in [3.63, 3.8) is 0 Å². The molecule has 0 bridgehead atoms. The quantitative estimate of drug-likeness (QED) is 0.184. The summed E-state index contributed by atoms with van der Waals surface area (Å²) in [6.45, 7) is 0. The fourth-order valence-corrected chi connectivity index (χ4v) is 3.79. The minimum Gasteiger partial charge on any atom is -0.507 e. The summed E-state index contributed by atoms with van der Waals surface area (Å²) in [5.41, 5.74) is -9.77. The Morgan fingerprint density at radius 3 is 0.719 bits per heavy atom. The number of hydrogen-bond donors (Lipinski definition) is 1. The lowest BCUT2D eigenvalue weighted by atomic mass is 9.82. The molecule has 1 nitrogen and oxygen atoms in total. The Balaban J connectivity index is 4.27. The predicted molar refractivity (Wildman–Crippen MR) is 107 cm³/mol. The van der Waals surface area contributed by atoms with Gasteiger partial charge < -0.3 is 5.11 Å². The lowest BCUT2D eigenvalue weighted by Gasteiger charge is -2.44. The Morgan fingerprint density at radius 1 is 0.263 bits per heavy atom. The van der Waals surface area contributed by atoms with Gasteiger partial charge in [-0.05, 0) is 6.07 Å². The van der Waals surface area contributed by atoms with E-state index in [1.165, 1.54) is 0 Å². The van der Waals surface area contributed by atoms with Crippen LogP contribution in [0, 0.1) is 0 Å². The Morgan fingerprint density at radius 2 is 0.474 bits per heavy atom. The van der Waals surface area contributed by atoms with Crippen LogP contribution in [0.5, 0.6) is 5.75 Å². The fraction of sp³-hybridized carbons (Fsp3) is 0.727. The van der Waals surface area contributed by atoms with Crippen LogP contribution < -0.4 is 0 Å². The van der Waals surface area contributed by atoms with Gasteiger partial charge in [0, 0.05) is 5.56 Å². The second-order valence-electron chi connectivity index (χ2n) is 10.7. The van der Waals surface area contributed by atoms with Crippen molar-refractivity contribution in [2.24, 2.45) is 0 Å². The van der Waals surface area contributed by atoms with Crippen LogP contribution >= 0.6 is 0 Å². The molecule has 0 unspecified atom stereocenters. The second kappa shape index (κ2) is 12.8. The van der Waals surface area contributed by atoms with Crippen LogP contribution in [0.4, 0.5) is 149 Å².